The minimum absolute atomic E-state index is 0.0158. The minimum atomic E-state index is -3.08. The zero-order valence-electron chi connectivity index (χ0n) is 10.7. The number of hydrogen-bond acceptors (Lipinski definition) is 5. The van der Waals surface area contributed by atoms with Crippen LogP contribution in [-0.2, 0) is 18.3 Å². The van der Waals surface area contributed by atoms with E-state index in [0.717, 1.165) is 0 Å². The molecule has 6 heteroatoms. The predicted octanol–water partition coefficient (Wildman–Crippen LogP) is 2.21. The van der Waals surface area contributed by atoms with Crippen LogP contribution in [-0.4, -0.2) is 32.7 Å². The average molecular weight is 253 g/mol. The van der Waals surface area contributed by atoms with E-state index in [4.69, 9.17) is 19.5 Å². The lowest BCUT2D eigenvalue weighted by Crippen LogP contribution is -2.29. The first kappa shape index (κ1) is 16.1. The molecular formula is C10H24NO4P. The maximum absolute atomic E-state index is 12.0. The first-order valence-electron chi connectivity index (χ1n) is 5.55. The van der Waals surface area contributed by atoms with Gasteiger partial charge >= 0.3 is 7.60 Å². The number of hydrogen-bond donors (Lipinski definition) is 1. The summed E-state index contributed by atoms with van der Waals surface area (Å²) in [7, 11) is -3.08. The lowest BCUT2D eigenvalue weighted by atomic mass is 9.96. The van der Waals surface area contributed by atoms with Crippen LogP contribution in [0.25, 0.3) is 0 Å². The highest BCUT2D eigenvalue weighted by Gasteiger charge is 2.25. The van der Waals surface area contributed by atoms with Gasteiger partial charge in [-0.05, 0) is 20.4 Å². The quantitative estimate of drug-likeness (QED) is 0.638. The van der Waals surface area contributed by atoms with Crippen molar-refractivity contribution in [1.29, 1.82) is 0 Å². The van der Waals surface area contributed by atoms with E-state index in [-0.39, 0.29) is 11.8 Å². The summed E-state index contributed by atoms with van der Waals surface area (Å²) >= 11 is 0. The van der Waals surface area contributed by atoms with E-state index in [0.29, 0.717) is 26.4 Å². The standard InChI is InChI=1S/C10H24NO4P/c1-5-14-16(12,15-6-2)9-13-8-10(3,4)7-11/h5-9,11H2,1-4H3. The normalized spacial score (nSPS) is 13.1. The molecule has 0 radical (unpaired) electrons. The van der Waals surface area contributed by atoms with Crippen LogP contribution in [0.15, 0.2) is 0 Å². The van der Waals surface area contributed by atoms with Gasteiger partial charge in [0.05, 0.1) is 19.8 Å². The topological polar surface area (TPSA) is 70.8 Å². The van der Waals surface area contributed by atoms with Crippen LogP contribution >= 0.6 is 7.60 Å². The molecule has 0 aliphatic heterocycles. The van der Waals surface area contributed by atoms with Crippen LogP contribution in [0.2, 0.25) is 0 Å². The molecule has 0 aromatic rings. The average Bonchev–Trinajstić information content (AvgIpc) is 2.18. The van der Waals surface area contributed by atoms with Crippen molar-refractivity contribution >= 4 is 7.60 Å². The molecule has 0 fully saturated rings. The fourth-order valence-corrected chi connectivity index (χ4v) is 2.32. The Morgan fingerprint density at radius 2 is 1.69 bits per heavy atom. The molecule has 0 aromatic carbocycles. The van der Waals surface area contributed by atoms with Gasteiger partial charge < -0.3 is 19.5 Å². The Bertz CT molecular complexity index is 223. The second-order valence-corrected chi connectivity index (χ2v) is 6.29. The third-order valence-electron chi connectivity index (χ3n) is 1.95. The summed E-state index contributed by atoms with van der Waals surface area (Å²) < 4.78 is 27.5. The number of nitrogens with two attached hydrogens (primary N) is 1. The number of ether oxygens (including phenoxy) is 1. The van der Waals surface area contributed by atoms with Gasteiger partial charge in [0.25, 0.3) is 0 Å². The van der Waals surface area contributed by atoms with Crippen molar-refractivity contribution in [2.24, 2.45) is 11.1 Å². The van der Waals surface area contributed by atoms with Crippen LogP contribution < -0.4 is 5.73 Å². The van der Waals surface area contributed by atoms with E-state index in [2.05, 4.69) is 0 Å². The third-order valence-corrected chi connectivity index (χ3v) is 3.75. The van der Waals surface area contributed by atoms with Crippen LogP contribution in [0.3, 0.4) is 0 Å². The highest BCUT2D eigenvalue weighted by atomic mass is 31.2. The molecule has 0 rings (SSSR count). The van der Waals surface area contributed by atoms with Gasteiger partial charge in [-0.25, -0.2) is 0 Å². The van der Waals surface area contributed by atoms with Crippen molar-refractivity contribution in [3.63, 3.8) is 0 Å². The van der Waals surface area contributed by atoms with Crippen LogP contribution in [0.1, 0.15) is 27.7 Å². The lowest BCUT2D eigenvalue weighted by Gasteiger charge is -2.23. The number of rotatable bonds is 9. The largest absolute Gasteiger partial charge is 0.368 e. The van der Waals surface area contributed by atoms with Crippen molar-refractivity contribution < 1.29 is 18.3 Å². The summed E-state index contributed by atoms with van der Waals surface area (Å²) in [5.41, 5.74) is 5.44. The Labute approximate surface area is 98.2 Å². The van der Waals surface area contributed by atoms with E-state index < -0.39 is 7.60 Å². The smallest absolute Gasteiger partial charge is 0.356 e. The van der Waals surface area contributed by atoms with Crippen LogP contribution in [0.4, 0.5) is 0 Å². The van der Waals surface area contributed by atoms with E-state index in [9.17, 15) is 4.57 Å². The molecular weight excluding hydrogens is 229 g/mol. The molecule has 0 unspecified atom stereocenters. The maximum Gasteiger partial charge on any atom is 0.356 e. The molecule has 0 atom stereocenters. The summed E-state index contributed by atoms with van der Waals surface area (Å²) in [5, 5.41) is 0. The highest BCUT2D eigenvalue weighted by Crippen LogP contribution is 2.48. The molecule has 0 aliphatic rings. The monoisotopic (exact) mass is 253 g/mol. The molecule has 0 aromatic heterocycles. The van der Waals surface area contributed by atoms with Gasteiger partial charge in [0.15, 0.2) is 0 Å². The Kier molecular flexibility index (Phi) is 7.44. The first-order chi connectivity index (χ1) is 7.39. The molecule has 0 saturated heterocycles. The van der Waals surface area contributed by atoms with E-state index in [1.165, 1.54) is 0 Å². The Balaban J connectivity index is 4.08. The van der Waals surface area contributed by atoms with Crippen molar-refractivity contribution in [3.05, 3.63) is 0 Å². The Morgan fingerprint density at radius 1 is 1.19 bits per heavy atom. The highest BCUT2D eigenvalue weighted by molar-refractivity contribution is 7.53. The van der Waals surface area contributed by atoms with Crippen molar-refractivity contribution in [2.45, 2.75) is 27.7 Å². The molecule has 0 bridgehead atoms. The Morgan fingerprint density at radius 3 is 2.06 bits per heavy atom. The predicted molar refractivity (Wildman–Crippen MR) is 64.5 cm³/mol. The van der Waals surface area contributed by atoms with Gasteiger partial charge in [-0.1, -0.05) is 13.8 Å². The van der Waals surface area contributed by atoms with Crippen molar-refractivity contribution in [3.8, 4) is 0 Å². The molecule has 0 saturated carbocycles. The fourth-order valence-electron chi connectivity index (χ4n) is 0.998. The SMILES string of the molecule is CCOP(=O)(COCC(C)(C)CN)OCC. The van der Waals surface area contributed by atoms with Gasteiger partial charge in [-0.2, -0.15) is 0 Å². The van der Waals surface area contributed by atoms with E-state index in [1.807, 2.05) is 13.8 Å². The summed E-state index contributed by atoms with van der Waals surface area (Å²) in [6.07, 6.45) is -0.0158. The van der Waals surface area contributed by atoms with Gasteiger partial charge in [-0.15, -0.1) is 0 Å². The molecule has 0 spiro atoms. The second-order valence-electron chi connectivity index (χ2n) is 4.29. The van der Waals surface area contributed by atoms with Crippen molar-refractivity contribution in [1.82, 2.24) is 0 Å². The zero-order valence-corrected chi connectivity index (χ0v) is 11.6. The summed E-state index contributed by atoms with van der Waals surface area (Å²) in [6.45, 7) is 9.17. The summed E-state index contributed by atoms with van der Waals surface area (Å²) in [6, 6.07) is 0. The van der Waals surface area contributed by atoms with Gasteiger partial charge in [0, 0.05) is 5.41 Å². The summed E-state index contributed by atoms with van der Waals surface area (Å²) in [5.74, 6) is 0. The molecule has 0 heterocycles. The first-order valence-corrected chi connectivity index (χ1v) is 7.28. The van der Waals surface area contributed by atoms with Crippen LogP contribution in [0, 0.1) is 5.41 Å². The zero-order chi connectivity index (χ0) is 12.7. The van der Waals surface area contributed by atoms with Gasteiger partial charge in [-0.3, -0.25) is 4.57 Å². The minimum Gasteiger partial charge on any atom is -0.368 e. The summed E-state index contributed by atoms with van der Waals surface area (Å²) in [4.78, 5) is 0. The fraction of sp³-hybridized carbons (Fsp3) is 1.00. The molecule has 0 aliphatic carbocycles. The molecule has 0 amide bonds. The van der Waals surface area contributed by atoms with Crippen LogP contribution in [0.5, 0.6) is 0 Å². The molecule has 16 heavy (non-hydrogen) atoms. The van der Waals surface area contributed by atoms with Gasteiger partial charge in [0.1, 0.15) is 6.35 Å². The molecule has 98 valence electrons. The van der Waals surface area contributed by atoms with E-state index in [1.54, 1.807) is 13.8 Å². The second kappa shape index (κ2) is 7.41. The van der Waals surface area contributed by atoms with Crippen molar-refractivity contribution in [2.75, 3.05) is 32.7 Å². The van der Waals surface area contributed by atoms with Gasteiger partial charge in [0.2, 0.25) is 0 Å². The van der Waals surface area contributed by atoms with E-state index >= 15 is 0 Å². The lowest BCUT2D eigenvalue weighted by molar-refractivity contribution is 0.0766. The molecule has 5 nitrogen and oxygen atoms in total. The maximum atomic E-state index is 12.0. The molecule has 2 N–H and O–H groups in total. The third kappa shape index (κ3) is 6.61. The Hall–Kier alpha value is 0.0700.